The summed E-state index contributed by atoms with van der Waals surface area (Å²) in [6, 6.07) is 2.52. The van der Waals surface area contributed by atoms with Gasteiger partial charge in [0.05, 0.1) is 12.7 Å². The first-order valence-corrected chi connectivity index (χ1v) is 8.24. The fraction of sp³-hybridized carbons (Fsp3) is 0.625. The zero-order valence-corrected chi connectivity index (χ0v) is 14.3. The predicted molar refractivity (Wildman–Crippen MR) is 86.1 cm³/mol. The standard InChI is InChI=1S/C16H21N3O6/c1-16(2)9-18(15(21)24-10-16)11-5-7-17(8-6-11)14(20)12-3-4-13(25-12)19(22)23/h3-4,11H,5-10H2,1-2H3. The molecule has 25 heavy (non-hydrogen) atoms. The van der Waals surface area contributed by atoms with Gasteiger partial charge in [0.1, 0.15) is 4.92 Å². The molecule has 0 unspecified atom stereocenters. The quantitative estimate of drug-likeness (QED) is 0.611. The molecule has 2 amide bonds. The minimum atomic E-state index is -0.674. The van der Waals surface area contributed by atoms with E-state index in [-0.39, 0.29) is 29.2 Å². The fourth-order valence-corrected chi connectivity index (χ4v) is 3.27. The lowest BCUT2D eigenvalue weighted by Gasteiger charge is -2.44. The molecule has 3 rings (SSSR count). The average molecular weight is 351 g/mol. The molecule has 2 aliphatic heterocycles. The maximum atomic E-state index is 12.4. The van der Waals surface area contributed by atoms with Crippen molar-refractivity contribution in [2.75, 3.05) is 26.2 Å². The summed E-state index contributed by atoms with van der Waals surface area (Å²) in [4.78, 5) is 37.7. The van der Waals surface area contributed by atoms with Crippen molar-refractivity contribution in [1.29, 1.82) is 0 Å². The molecule has 9 heteroatoms. The lowest BCUT2D eigenvalue weighted by Crippen LogP contribution is -2.55. The molecule has 2 fully saturated rings. The highest BCUT2D eigenvalue weighted by atomic mass is 16.6. The lowest BCUT2D eigenvalue weighted by atomic mass is 9.91. The molecule has 2 aliphatic rings. The SMILES string of the molecule is CC1(C)COC(=O)N(C2CCN(C(=O)c3ccc([N+](=O)[O-])o3)CC2)C1. The smallest absolute Gasteiger partial charge is 0.433 e. The van der Waals surface area contributed by atoms with E-state index in [1.807, 2.05) is 0 Å². The molecule has 0 spiro atoms. The Morgan fingerprint density at radius 1 is 1.32 bits per heavy atom. The summed E-state index contributed by atoms with van der Waals surface area (Å²) in [5.41, 5.74) is -0.0893. The number of carbonyl (C=O) groups is 2. The molecular weight excluding hydrogens is 330 g/mol. The van der Waals surface area contributed by atoms with Crippen LogP contribution in [0, 0.1) is 15.5 Å². The van der Waals surface area contributed by atoms with E-state index in [2.05, 4.69) is 13.8 Å². The normalized spacial score (nSPS) is 21.1. The summed E-state index contributed by atoms with van der Waals surface area (Å²) < 4.78 is 10.2. The van der Waals surface area contributed by atoms with E-state index >= 15 is 0 Å². The predicted octanol–water partition coefficient (Wildman–Crippen LogP) is 2.27. The van der Waals surface area contributed by atoms with Gasteiger partial charge in [0.2, 0.25) is 0 Å². The first-order valence-electron chi connectivity index (χ1n) is 8.24. The molecule has 0 aliphatic carbocycles. The van der Waals surface area contributed by atoms with Gasteiger partial charge >= 0.3 is 12.0 Å². The first kappa shape index (κ1) is 17.2. The van der Waals surface area contributed by atoms with Gasteiger partial charge in [-0.1, -0.05) is 13.8 Å². The van der Waals surface area contributed by atoms with Gasteiger partial charge in [0.15, 0.2) is 5.76 Å². The molecule has 136 valence electrons. The minimum Gasteiger partial charge on any atom is -0.449 e. The number of nitrogens with zero attached hydrogens (tertiary/aromatic N) is 3. The van der Waals surface area contributed by atoms with Gasteiger partial charge in [0, 0.05) is 31.1 Å². The van der Waals surface area contributed by atoms with E-state index < -0.39 is 10.8 Å². The van der Waals surface area contributed by atoms with Gasteiger partial charge in [-0.15, -0.1) is 0 Å². The van der Waals surface area contributed by atoms with Crippen LogP contribution in [0.1, 0.15) is 37.2 Å². The van der Waals surface area contributed by atoms with E-state index in [9.17, 15) is 19.7 Å². The van der Waals surface area contributed by atoms with Crippen molar-refractivity contribution in [1.82, 2.24) is 9.80 Å². The summed E-state index contributed by atoms with van der Waals surface area (Å²) in [5, 5.41) is 10.7. The van der Waals surface area contributed by atoms with Crippen molar-refractivity contribution < 1.29 is 23.7 Å². The van der Waals surface area contributed by atoms with Gasteiger partial charge in [-0.2, -0.15) is 0 Å². The molecule has 0 saturated carbocycles. The van der Waals surface area contributed by atoms with Crippen molar-refractivity contribution in [3.05, 3.63) is 28.0 Å². The molecule has 1 aromatic rings. The van der Waals surface area contributed by atoms with Gasteiger partial charge in [-0.25, -0.2) is 4.79 Å². The number of hydrogen-bond acceptors (Lipinski definition) is 6. The largest absolute Gasteiger partial charge is 0.449 e. The molecule has 0 radical (unpaired) electrons. The maximum absolute atomic E-state index is 12.4. The zero-order valence-electron chi connectivity index (χ0n) is 14.3. The second-order valence-corrected chi connectivity index (χ2v) is 7.27. The van der Waals surface area contributed by atoms with Crippen molar-refractivity contribution in [3.8, 4) is 0 Å². The summed E-state index contributed by atoms with van der Waals surface area (Å²) >= 11 is 0. The molecular formula is C16H21N3O6. The van der Waals surface area contributed by atoms with E-state index in [0.29, 0.717) is 39.1 Å². The average Bonchev–Trinajstić information content (AvgIpc) is 3.07. The van der Waals surface area contributed by atoms with Crippen LogP contribution in [-0.4, -0.2) is 59.0 Å². The highest BCUT2D eigenvalue weighted by molar-refractivity contribution is 5.91. The Morgan fingerprint density at radius 2 is 2.00 bits per heavy atom. The van der Waals surface area contributed by atoms with Crippen LogP contribution in [0.4, 0.5) is 10.7 Å². The number of nitro groups is 1. The highest BCUT2D eigenvalue weighted by Gasteiger charge is 2.38. The van der Waals surface area contributed by atoms with Crippen LogP contribution < -0.4 is 0 Å². The summed E-state index contributed by atoms with van der Waals surface area (Å²) in [7, 11) is 0. The number of rotatable bonds is 3. The Bertz CT molecular complexity index is 690. The summed E-state index contributed by atoms with van der Waals surface area (Å²) in [6.07, 6.45) is 0.977. The number of ether oxygens (including phenoxy) is 1. The summed E-state index contributed by atoms with van der Waals surface area (Å²) in [6.45, 7) is 6.07. The fourth-order valence-electron chi connectivity index (χ4n) is 3.27. The Kier molecular flexibility index (Phi) is 4.40. The molecule has 9 nitrogen and oxygen atoms in total. The number of furan rings is 1. The number of amides is 2. The third kappa shape index (κ3) is 3.59. The molecule has 1 aromatic heterocycles. The van der Waals surface area contributed by atoms with Crippen molar-refractivity contribution >= 4 is 17.9 Å². The van der Waals surface area contributed by atoms with Crippen molar-refractivity contribution in [3.63, 3.8) is 0 Å². The summed E-state index contributed by atoms with van der Waals surface area (Å²) in [5.74, 6) is -0.853. The minimum absolute atomic E-state index is 0.0297. The second kappa shape index (κ2) is 6.38. The molecule has 2 saturated heterocycles. The van der Waals surface area contributed by atoms with Gasteiger partial charge in [0.25, 0.3) is 5.91 Å². The molecule has 3 heterocycles. The van der Waals surface area contributed by atoms with E-state index in [4.69, 9.17) is 9.15 Å². The number of hydrogen-bond donors (Lipinski definition) is 0. The van der Waals surface area contributed by atoms with Crippen molar-refractivity contribution in [2.24, 2.45) is 5.41 Å². The van der Waals surface area contributed by atoms with Gasteiger partial charge < -0.3 is 19.0 Å². The Balaban J connectivity index is 1.60. The maximum Gasteiger partial charge on any atom is 0.433 e. The number of piperidine rings is 1. The van der Waals surface area contributed by atoms with E-state index in [0.717, 1.165) is 0 Å². The third-order valence-electron chi connectivity index (χ3n) is 4.59. The number of cyclic esters (lactones) is 1. The van der Waals surface area contributed by atoms with Crippen LogP contribution >= 0.6 is 0 Å². The lowest BCUT2D eigenvalue weighted by molar-refractivity contribution is -0.402. The Labute approximate surface area is 144 Å². The first-order chi connectivity index (χ1) is 11.8. The number of carbonyl (C=O) groups excluding carboxylic acids is 2. The Morgan fingerprint density at radius 3 is 2.60 bits per heavy atom. The van der Waals surface area contributed by atoms with E-state index in [1.165, 1.54) is 12.1 Å². The van der Waals surface area contributed by atoms with Crippen LogP contribution in [0.15, 0.2) is 16.5 Å². The highest BCUT2D eigenvalue weighted by Crippen LogP contribution is 2.28. The van der Waals surface area contributed by atoms with Crippen LogP contribution in [0.3, 0.4) is 0 Å². The zero-order chi connectivity index (χ0) is 18.2. The molecule has 0 bridgehead atoms. The van der Waals surface area contributed by atoms with Crippen LogP contribution in [-0.2, 0) is 4.74 Å². The third-order valence-corrected chi connectivity index (χ3v) is 4.59. The van der Waals surface area contributed by atoms with E-state index in [1.54, 1.807) is 9.80 Å². The van der Waals surface area contributed by atoms with Crippen molar-refractivity contribution in [2.45, 2.75) is 32.7 Å². The number of likely N-dealkylation sites (tertiary alicyclic amines) is 1. The van der Waals surface area contributed by atoms with Crippen LogP contribution in [0.2, 0.25) is 0 Å². The molecule has 0 atom stereocenters. The molecule has 0 aromatic carbocycles. The van der Waals surface area contributed by atoms with Crippen LogP contribution in [0.5, 0.6) is 0 Å². The second-order valence-electron chi connectivity index (χ2n) is 7.27. The van der Waals surface area contributed by atoms with Crippen LogP contribution in [0.25, 0.3) is 0 Å². The topological polar surface area (TPSA) is 106 Å². The van der Waals surface area contributed by atoms with Gasteiger partial charge in [-0.3, -0.25) is 14.9 Å². The molecule has 0 N–H and O–H groups in total. The van der Waals surface area contributed by atoms with Gasteiger partial charge in [-0.05, 0) is 18.9 Å². The Hall–Kier alpha value is -2.58. The monoisotopic (exact) mass is 351 g/mol.